The molecule has 34 heavy (non-hydrogen) atoms. The van der Waals surface area contributed by atoms with Crippen LogP contribution >= 0.6 is 11.3 Å². The summed E-state index contributed by atoms with van der Waals surface area (Å²) in [5, 5.41) is 14.8. The van der Waals surface area contributed by atoms with E-state index in [1.807, 2.05) is 28.8 Å². The summed E-state index contributed by atoms with van der Waals surface area (Å²) >= 11 is 1.52. The zero-order valence-corrected chi connectivity index (χ0v) is 20.8. The summed E-state index contributed by atoms with van der Waals surface area (Å²) in [4.78, 5) is 12.2. The Bertz CT molecular complexity index is 1340. The number of non-ortho nitro benzene ring substituents is 1. The second-order valence-corrected chi connectivity index (χ2v) is 11.7. The first-order chi connectivity index (χ1) is 16.0. The van der Waals surface area contributed by atoms with E-state index in [9.17, 15) is 26.9 Å². The van der Waals surface area contributed by atoms with Gasteiger partial charge < -0.3 is 4.90 Å². The zero-order valence-electron chi connectivity index (χ0n) is 18.4. The maximum Gasteiger partial charge on any atom is 0.269 e. The van der Waals surface area contributed by atoms with Crippen molar-refractivity contribution in [1.29, 1.82) is 0 Å². The minimum absolute atomic E-state index is 0.0715. The average molecular weight is 526 g/mol. The minimum Gasteiger partial charge on any atom is -0.372 e. The molecule has 10 nitrogen and oxygen atoms in total. The minimum atomic E-state index is -4.09. The van der Waals surface area contributed by atoms with Crippen molar-refractivity contribution in [3.05, 3.63) is 81.0 Å². The van der Waals surface area contributed by atoms with E-state index in [4.69, 9.17) is 4.18 Å². The third-order valence-corrected chi connectivity index (χ3v) is 7.92. The number of nitro groups is 1. The first kappa shape index (κ1) is 25.6. The summed E-state index contributed by atoms with van der Waals surface area (Å²) in [6.45, 7) is 0.183. The average Bonchev–Trinajstić information content (AvgIpc) is 3.33. The monoisotopic (exact) mass is 525 g/mol. The van der Waals surface area contributed by atoms with E-state index in [0.717, 1.165) is 24.1 Å². The van der Waals surface area contributed by atoms with Crippen LogP contribution in [0.1, 0.15) is 5.56 Å². The van der Waals surface area contributed by atoms with Crippen LogP contribution < -0.4 is 9.21 Å². The molecule has 3 rings (SSSR count). The molecule has 1 heterocycles. The molecule has 0 saturated carbocycles. The van der Waals surface area contributed by atoms with Gasteiger partial charge in [-0.2, -0.15) is 19.8 Å². The number of benzene rings is 2. The van der Waals surface area contributed by atoms with Crippen molar-refractivity contribution < 1.29 is 25.9 Å². The molecule has 3 aromatic rings. The first-order valence-corrected chi connectivity index (χ1v) is 14.1. The molecule has 0 aliphatic carbocycles. The predicted molar refractivity (Wildman–Crippen MR) is 131 cm³/mol. The molecule has 0 unspecified atom stereocenters. The number of nitro benzene ring substituents is 1. The lowest BCUT2D eigenvalue weighted by Gasteiger charge is -2.28. The van der Waals surface area contributed by atoms with E-state index in [1.165, 1.54) is 27.8 Å². The molecule has 0 amide bonds. The van der Waals surface area contributed by atoms with E-state index in [-0.39, 0.29) is 23.7 Å². The number of hydrogen-bond acceptors (Lipinski definition) is 9. The summed E-state index contributed by atoms with van der Waals surface area (Å²) < 4.78 is 55.8. The van der Waals surface area contributed by atoms with Gasteiger partial charge in [-0.3, -0.25) is 18.6 Å². The summed E-state index contributed by atoms with van der Waals surface area (Å²) in [5.41, 5.74) is 1.50. The Labute approximate surface area is 202 Å². The zero-order chi connectivity index (χ0) is 24.9. The standard InChI is InChI=1S/C21H23N3O7S3/c1-22(20-10-13-32-16-20)11-12-23(19-5-3-4-17(14-19)15-31-33(2,27)28)34(29,30)21-8-6-18(7-9-21)24(25)26/h3-10,13-14,16H,11-12,15H2,1-2H3. The number of sulfonamides is 1. The highest BCUT2D eigenvalue weighted by atomic mass is 32.2. The van der Waals surface area contributed by atoms with E-state index < -0.39 is 25.1 Å². The fourth-order valence-electron chi connectivity index (χ4n) is 3.08. The van der Waals surface area contributed by atoms with E-state index in [0.29, 0.717) is 17.8 Å². The van der Waals surface area contributed by atoms with Gasteiger partial charge >= 0.3 is 0 Å². The van der Waals surface area contributed by atoms with E-state index >= 15 is 0 Å². The Morgan fingerprint density at radius 1 is 1.00 bits per heavy atom. The largest absolute Gasteiger partial charge is 0.372 e. The van der Waals surface area contributed by atoms with Crippen LogP contribution in [0.3, 0.4) is 0 Å². The number of anilines is 2. The molecule has 182 valence electrons. The molecule has 0 fully saturated rings. The predicted octanol–water partition coefficient (Wildman–Crippen LogP) is 3.46. The number of thiophene rings is 1. The molecule has 13 heteroatoms. The van der Waals surface area contributed by atoms with Gasteiger partial charge in [0.2, 0.25) is 0 Å². The number of rotatable bonds is 11. The highest BCUT2D eigenvalue weighted by molar-refractivity contribution is 7.92. The molecule has 2 aromatic carbocycles. The Hall–Kier alpha value is -3.00. The molecule has 0 saturated heterocycles. The highest BCUT2D eigenvalue weighted by Crippen LogP contribution is 2.27. The van der Waals surface area contributed by atoms with Gasteiger partial charge in [0.25, 0.3) is 25.8 Å². The van der Waals surface area contributed by atoms with Gasteiger partial charge in [-0.1, -0.05) is 12.1 Å². The Morgan fingerprint density at radius 3 is 2.29 bits per heavy atom. The number of hydrogen-bond donors (Lipinski definition) is 0. The molecule has 0 spiro atoms. The van der Waals surface area contributed by atoms with Crippen molar-refractivity contribution in [2.24, 2.45) is 0 Å². The quantitative estimate of drug-likeness (QED) is 0.212. The second-order valence-electron chi connectivity index (χ2n) is 7.37. The van der Waals surface area contributed by atoms with Crippen molar-refractivity contribution in [3.8, 4) is 0 Å². The summed E-state index contributed by atoms with van der Waals surface area (Å²) in [5.74, 6) is 0. The van der Waals surface area contributed by atoms with Crippen LogP contribution in [0, 0.1) is 10.1 Å². The Morgan fingerprint density at radius 2 is 1.71 bits per heavy atom. The summed E-state index contributed by atoms with van der Waals surface area (Å²) in [7, 11) is -5.93. The molecule has 0 bridgehead atoms. The summed E-state index contributed by atoms with van der Waals surface area (Å²) in [6, 6.07) is 13.0. The van der Waals surface area contributed by atoms with Crippen LogP contribution in [-0.4, -0.2) is 48.2 Å². The van der Waals surface area contributed by atoms with E-state index in [2.05, 4.69) is 0 Å². The normalized spacial score (nSPS) is 11.8. The van der Waals surface area contributed by atoms with Gasteiger partial charge in [0.15, 0.2) is 0 Å². The third-order valence-electron chi connectivity index (χ3n) is 4.86. The maximum atomic E-state index is 13.6. The lowest BCUT2D eigenvalue weighted by atomic mass is 10.2. The number of nitrogens with zero attached hydrogens (tertiary/aromatic N) is 3. The lowest BCUT2D eigenvalue weighted by molar-refractivity contribution is -0.384. The van der Waals surface area contributed by atoms with Crippen LogP contribution in [0.25, 0.3) is 0 Å². The Balaban J connectivity index is 1.95. The molecule has 0 radical (unpaired) electrons. The van der Waals surface area contributed by atoms with Gasteiger partial charge in [-0.25, -0.2) is 8.42 Å². The smallest absolute Gasteiger partial charge is 0.269 e. The second kappa shape index (κ2) is 10.5. The topological polar surface area (TPSA) is 127 Å². The fraction of sp³-hybridized carbons (Fsp3) is 0.238. The van der Waals surface area contributed by atoms with Crippen molar-refractivity contribution in [2.75, 3.05) is 35.6 Å². The van der Waals surface area contributed by atoms with Crippen LogP contribution in [0.15, 0.2) is 70.3 Å². The highest BCUT2D eigenvalue weighted by Gasteiger charge is 2.26. The fourth-order valence-corrected chi connectivity index (χ4v) is 5.57. The van der Waals surface area contributed by atoms with Gasteiger partial charge in [-0.15, -0.1) is 0 Å². The van der Waals surface area contributed by atoms with Crippen LogP contribution in [0.4, 0.5) is 17.1 Å². The molecule has 0 N–H and O–H groups in total. The molecular formula is C21H23N3O7S3. The first-order valence-electron chi connectivity index (χ1n) is 9.91. The van der Waals surface area contributed by atoms with Crippen LogP contribution in [-0.2, 0) is 30.9 Å². The van der Waals surface area contributed by atoms with Crippen molar-refractivity contribution in [3.63, 3.8) is 0 Å². The lowest BCUT2D eigenvalue weighted by Crippen LogP contribution is -2.37. The molecule has 0 aliphatic rings. The van der Waals surface area contributed by atoms with Crippen molar-refractivity contribution in [2.45, 2.75) is 11.5 Å². The molecule has 0 aliphatic heterocycles. The van der Waals surface area contributed by atoms with Crippen molar-refractivity contribution >= 4 is 48.5 Å². The van der Waals surface area contributed by atoms with Crippen molar-refractivity contribution in [1.82, 2.24) is 0 Å². The number of likely N-dealkylation sites (N-methyl/N-ethyl adjacent to an activating group) is 1. The Kier molecular flexibility index (Phi) is 7.92. The molecule has 0 atom stereocenters. The maximum absolute atomic E-state index is 13.6. The van der Waals surface area contributed by atoms with Crippen LogP contribution in [0.5, 0.6) is 0 Å². The molecule has 1 aromatic heterocycles. The molecular weight excluding hydrogens is 502 g/mol. The SMILES string of the molecule is CN(CCN(c1cccc(COS(C)(=O)=O)c1)S(=O)(=O)c1ccc([N+](=O)[O-])cc1)c1ccsc1. The van der Waals surface area contributed by atoms with Crippen LogP contribution in [0.2, 0.25) is 0 Å². The van der Waals surface area contributed by atoms with Gasteiger partial charge in [0, 0.05) is 36.8 Å². The van der Waals surface area contributed by atoms with Gasteiger partial charge in [-0.05, 0) is 41.3 Å². The van der Waals surface area contributed by atoms with Gasteiger partial charge in [0.1, 0.15) is 0 Å². The van der Waals surface area contributed by atoms with E-state index in [1.54, 1.807) is 24.3 Å². The van der Waals surface area contributed by atoms with Gasteiger partial charge in [0.05, 0.1) is 34.9 Å². The third kappa shape index (κ3) is 6.53. The summed E-state index contributed by atoms with van der Waals surface area (Å²) in [6.07, 6.45) is 0.933.